The third-order valence-electron chi connectivity index (χ3n) is 4.00. The summed E-state index contributed by atoms with van der Waals surface area (Å²) < 4.78 is 37.5. The van der Waals surface area contributed by atoms with Crippen LogP contribution in [-0.2, 0) is 19.0 Å². The van der Waals surface area contributed by atoms with Gasteiger partial charge in [-0.2, -0.15) is 13.2 Å². The maximum absolute atomic E-state index is 12.5. The summed E-state index contributed by atoms with van der Waals surface area (Å²) in [5, 5.41) is 9.17. The van der Waals surface area contributed by atoms with Crippen LogP contribution in [0.15, 0.2) is 36.4 Å². The minimum Gasteiger partial charge on any atom is -0.394 e. The molecular formula is C20H22F3NOS. The quantitative estimate of drug-likeness (QED) is 0.729. The number of alkyl halides is 3. The third-order valence-corrected chi connectivity index (χ3v) is 5.06. The molecule has 0 aliphatic rings. The van der Waals surface area contributed by atoms with Gasteiger partial charge in [0.2, 0.25) is 0 Å². The standard InChI is InChI=1S/C20H22F3NOS/c1-19(24,14-25)13-12-18-11-10-17(26-18)5-3-2-4-15-6-8-16(9-7-15)20(21,22)23/h6-11,25H,2,4,12-14,24H2,1H3. The lowest BCUT2D eigenvalue weighted by molar-refractivity contribution is -0.137. The zero-order chi connectivity index (χ0) is 19.2. The highest BCUT2D eigenvalue weighted by molar-refractivity contribution is 7.12. The molecule has 1 unspecified atom stereocenters. The van der Waals surface area contributed by atoms with E-state index in [4.69, 9.17) is 10.8 Å². The summed E-state index contributed by atoms with van der Waals surface area (Å²) in [5.41, 5.74) is 5.56. The van der Waals surface area contributed by atoms with E-state index in [2.05, 4.69) is 11.8 Å². The zero-order valence-electron chi connectivity index (χ0n) is 14.6. The Kier molecular flexibility index (Phi) is 6.87. The van der Waals surface area contributed by atoms with E-state index in [1.807, 2.05) is 19.1 Å². The molecule has 6 heteroatoms. The van der Waals surface area contributed by atoms with Gasteiger partial charge in [0.05, 0.1) is 17.0 Å². The maximum atomic E-state index is 12.5. The summed E-state index contributed by atoms with van der Waals surface area (Å²) in [6, 6.07) is 9.17. The smallest absolute Gasteiger partial charge is 0.394 e. The number of hydrogen-bond donors (Lipinski definition) is 2. The number of hydrogen-bond acceptors (Lipinski definition) is 3. The average molecular weight is 381 g/mol. The molecule has 0 radical (unpaired) electrons. The molecule has 0 saturated carbocycles. The molecule has 2 aromatic rings. The van der Waals surface area contributed by atoms with E-state index >= 15 is 0 Å². The molecule has 26 heavy (non-hydrogen) atoms. The van der Waals surface area contributed by atoms with Gasteiger partial charge in [-0.05, 0) is 56.0 Å². The van der Waals surface area contributed by atoms with E-state index in [9.17, 15) is 13.2 Å². The molecule has 1 heterocycles. The fraction of sp³-hybridized carbons (Fsp3) is 0.400. The monoisotopic (exact) mass is 381 g/mol. The van der Waals surface area contributed by atoms with Gasteiger partial charge in [-0.3, -0.25) is 0 Å². The summed E-state index contributed by atoms with van der Waals surface area (Å²) in [4.78, 5) is 2.12. The predicted octanol–water partition coefficient (Wildman–Crippen LogP) is 4.39. The molecule has 0 aliphatic carbocycles. The van der Waals surface area contributed by atoms with Gasteiger partial charge >= 0.3 is 6.18 Å². The van der Waals surface area contributed by atoms with Gasteiger partial charge < -0.3 is 10.8 Å². The third kappa shape index (κ3) is 6.49. The number of halogens is 3. The van der Waals surface area contributed by atoms with Crippen molar-refractivity contribution in [3.63, 3.8) is 0 Å². The van der Waals surface area contributed by atoms with Crippen molar-refractivity contribution in [2.24, 2.45) is 5.73 Å². The van der Waals surface area contributed by atoms with Gasteiger partial charge in [0, 0.05) is 16.8 Å². The van der Waals surface area contributed by atoms with Crippen molar-refractivity contribution < 1.29 is 18.3 Å². The summed E-state index contributed by atoms with van der Waals surface area (Å²) in [6.45, 7) is 1.78. The molecule has 0 saturated heterocycles. The minimum atomic E-state index is -4.30. The molecule has 1 atom stereocenters. The number of aryl methyl sites for hydroxylation is 2. The van der Waals surface area contributed by atoms with Crippen molar-refractivity contribution in [2.45, 2.75) is 44.3 Å². The van der Waals surface area contributed by atoms with Crippen LogP contribution in [0.25, 0.3) is 0 Å². The number of thiophene rings is 1. The maximum Gasteiger partial charge on any atom is 0.416 e. The predicted molar refractivity (Wildman–Crippen MR) is 99.0 cm³/mol. The van der Waals surface area contributed by atoms with E-state index in [-0.39, 0.29) is 6.61 Å². The second kappa shape index (κ2) is 8.72. The molecule has 0 bridgehead atoms. The first-order chi connectivity index (χ1) is 12.2. The van der Waals surface area contributed by atoms with Gasteiger partial charge in [0.15, 0.2) is 0 Å². The summed E-state index contributed by atoms with van der Waals surface area (Å²) >= 11 is 1.60. The van der Waals surface area contributed by atoms with E-state index in [1.54, 1.807) is 11.3 Å². The second-order valence-corrected chi connectivity index (χ2v) is 7.74. The first-order valence-corrected chi connectivity index (χ1v) is 9.15. The molecule has 0 fully saturated rings. The minimum absolute atomic E-state index is 0.0466. The molecule has 1 aromatic carbocycles. The van der Waals surface area contributed by atoms with E-state index in [0.29, 0.717) is 19.3 Å². The largest absolute Gasteiger partial charge is 0.416 e. The van der Waals surface area contributed by atoms with E-state index in [0.717, 1.165) is 29.0 Å². The SMILES string of the molecule is CC(N)(CO)CCc1ccc(C#CCCc2ccc(C(F)(F)F)cc2)s1. The van der Waals surface area contributed by atoms with Crippen molar-refractivity contribution >= 4 is 11.3 Å². The van der Waals surface area contributed by atoms with Crippen molar-refractivity contribution in [3.05, 3.63) is 57.3 Å². The van der Waals surface area contributed by atoms with Crippen LogP contribution in [0.5, 0.6) is 0 Å². The van der Waals surface area contributed by atoms with Gasteiger partial charge in [-0.25, -0.2) is 0 Å². The average Bonchev–Trinajstić information content (AvgIpc) is 3.05. The summed E-state index contributed by atoms with van der Waals surface area (Å²) in [5.74, 6) is 6.16. The first-order valence-electron chi connectivity index (χ1n) is 8.33. The molecular weight excluding hydrogens is 359 g/mol. The second-order valence-electron chi connectivity index (χ2n) is 6.57. The number of rotatable bonds is 6. The molecule has 0 spiro atoms. The van der Waals surface area contributed by atoms with Crippen molar-refractivity contribution in [1.82, 2.24) is 0 Å². The summed E-state index contributed by atoms with van der Waals surface area (Å²) in [7, 11) is 0. The van der Waals surface area contributed by atoms with Crippen molar-refractivity contribution in [1.29, 1.82) is 0 Å². The molecule has 0 amide bonds. The number of benzene rings is 1. The number of nitrogens with two attached hydrogens (primary N) is 1. The molecule has 2 nitrogen and oxygen atoms in total. The lowest BCUT2D eigenvalue weighted by Crippen LogP contribution is -2.40. The fourth-order valence-corrected chi connectivity index (χ4v) is 3.17. The Labute approximate surface area is 155 Å². The molecule has 0 aliphatic heterocycles. The summed E-state index contributed by atoms with van der Waals surface area (Å²) in [6.07, 6.45) is -1.60. The molecule has 3 N–H and O–H groups in total. The van der Waals surface area contributed by atoms with Crippen LogP contribution >= 0.6 is 11.3 Å². The van der Waals surface area contributed by atoms with Gasteiger partial charge in [-0.15, -0.1) is 11.3 Å². The van der Waals surface area contributed by atoms with Gasteiger partial charge in [0.1, 0.15) is 0 Å². The Bertz CT molecular complexity index is 767. The van der Waals surface area contributed by atoms with Crippen LogP contribution in [0.2, 0.25) is 0 Å². The van der Waals surface area contributed by atoms with Crippen LogP contribution in [-0.4, -0.2) is 17.3 Å². The zero-order valence-corrected chi connectivity index (χ0v) is 15.4. The Balaban J connectivity index is 1.83. The van der Waals surface area contributed by atoms with Crippen LogP contribution in [0.4, 0.5) is 13.2 Å². The van der Waals surface area contributed by atoms with Crippen molar-refractivity contribution in [2.75, 3.05) is 6.61 Å². The molecule has 140 valence electrons. The van der Waals surface area contributed by atoms with Gasteiger partial charge in [0.25, 0.3) is 0 Å². The molecule has 1 aromatic heterocycles. The van der Waals surface area contributed by atoms with Crippen LogP contribution in [0.1, 0.15) is 40.6 Å². The van der Waals surface area contributed by atoms with E-state index in [1.165, 1.54) is 17.0 Å². The van der Waals surface area contributed by atoms with Gasteiger partial charge in [-0.1, -0.05) is 24.0 Å². The normalized spacial score (nSPS) is 13.8. The Hall–Kier alpha value is -1.81. The van der Waals surface area contributed by atoms with Crippen molar-refractivity contribution in [3.8, 4) is 11.8 Å². The van der Waals surface area contributed by atoms with Crippen LogP contribution in [0.3, 0.4) is 0 Å². The lowest BCUT2D eigenvalue weighted by Gasteiger charge is -2.20. The van der Waals surface area contributed by atoms with Crippen LogP contribution < -0.4 is 5.73 Å². The number of aliphatic hydroxyl groups is 1. The lowest BCUT2D eigenvalue weighted by atomic mass is 9.98. The van der Waals surface area contributed by atoms with E-state index < -0.39 is 17.3 Å². The Morgan fingerprint density at radius 2 is 1.77 bits per heavy atom. The Morgan fingerprint density at radius 1 is 1.08 bits per heavy atom. The number of aliphatic hydroxyl groups excluding tert-OH is 1. The fourth-order valence-electron chi connectivity index (χ4n) is 2.28. The first kappa shape index (κ1) is 20.5. The topological polar surface area (TPSA) is 46.2 Å². The highest BCUT2D eigenvalue weighted by Crippen LogP contribution is 2.29. The van der Waals surface area contributed by atoms with Crippen LogP contribution in [0, 0.1) is 11.8 Å². The highest BCUT2D eigenvalue weighted by Gasteiger charge is 2.29. The Morgan fingerprint density at radius 3 is 2.38 bits per heavy atom. The highest BCUT2D eigenvalue weighted by atomic mass is 32.1. The molecule has 2 rings (SSSR count).